The number of aromatic nitrogens is 3. The van der Waals surface area contributed by atoms with Gasteiger partial charge in [-0.1, -0.05) is 48.2 Å². The molecule has 0 radical (unpaired) electrons. The summed E-state index contributed by atoms with van der Waals surface area (Å²) in [5.74, 6) is 1.05. The quantitative estimate of drug-likeness (QED) is 0.449. The van der Waals surface area contributed by atoms with Gasteiger partial charge in [0.15, 0.2) is 0 Å². The first kappa shape index (κ1) is 19.1. The monoisotopic (exact) mass is 408 g/mol. The summed E-state index contributed by atoms with van der Waals surface area (Å²) in [5.41, 5.74) is 2.76. The second-order valence-electron chi connectivity index (χ2n) is 6.41. The second kappa shape index (κ2) is 8.40. The first-order valence-electron chi connectivity index (χ1n) is 9.12. The van der Waals surface area contributed by atoms with Crippen molar-refractivity contribution in [1.29, 1.82) is 0 Å². The van der Waals surface area contributed by atoms with Crippen molar-refractivity contribution in [2.45, 2.75) is 23.9 Å². The minimum Gasteiger partial charge on any atom is -0.496 e. The molecule has 1 amide bonds. The van der Waals surface area contributed by atoms with E-state index in [1.165, 1.54) is 11.8 Å². The van der Waals surface area contributed by atoms with Crippen LogP contribution >= 0.6 is 11.8 Å². The zero-order valence-corrected chi connectivity index (χ0v) is 16.8. The minimum atomic E-state index is -0.388. The van der Waals surface area contributed by atoms with E-state index >= 15 is 0 Å². The smallest absolute Gasteiger partial charge is 0.277 e. The molecule has 7 nitrogen and oxygen atoms in total. The Morgan fingerprint density at radius 1 is 1.21 bits per heavy atom. The summed E-state index contributed by atoms with van der Waals surface area (Å²) < 4.78 is 11.1. The van der Waals surface area contributed by atoms with Gasteiger partial charge in [0, 0.05) is 29.2 Å². The number of benzene rings is 2. The van der Waals surface area contributed by atoms with Gasteiger partial charge in [-0.15, -0.1) is 10.2 Å². The number of hydrogen-bond acceptors (Lipinski definition) is 6. The van der Waals surface area contributed by atoms with Crippen molar-refractivity contribution >= 4 is 28.6 Å². The zero-order valence-electron chi connectivity index (χ0n) is 16.0. The zero-order chi connectivity index (χ0) is 20.2. The van der Waals surface area contributed by atoms with Crippen LogP contribution < -0.4 is 10.1 Å². The van der Waals surface area contributed by atoms with E-state index in [1.54, 1.807) is 14.0 Å². The number of amides is 1. The van der Waals surface area contributed by atoms with Crippen molar-refractivity contribution in [2.24, 2.45) is 0 Å². The van der Waals surface area contributed by atoms with E-state index < -0.39 is 0 Å². The third-order valence-electron chi connectivity index (χ3n) is 4.52. The largest absolute Gasteiger partial charge is 0.496 e. The molecule has 2 N–H and O–H groups in total. The van der Waals surface area contributed by atoms with Crippen LogP contribution in [-0.2, 0) is 11.3 Å². The molecule has 2 heterocycles. The number of carbonyl (C=O) groups is 1. The molecule has 0 saturated heterocycles. The number of nitrogens with one attached hydrogen (secondary N) is 2. The SMILES string of the molecule is COc1ccccc1CNC(=O)[C@@H](C)Sc1nnc(-c2c[nH]c3ccccc23)o1. The molecular formula is C21H20N4O3S. The van der Waals surface area contributed by atoms with Crippen molar-refractivity contribution < 1.29 is 13.9 Å². The minimum absolute atomic E-state index is 0.118. The van der Waals surface area contributed by atoms with Crippen molar-refractivity contribution in [3.63, 3.8) is 0 Å². The van der Waals surface area contributed by atoms with Crippen LogP contribution in [0.25, 0.3) is 22.4 Å². The van der Waals surface area contributed by atoms with Gasteiger partial charge in [-0.2, -0.15) is 0 Å². The number of hydrogen-bond donors (Lipinski definition) is 2. The lowest BCUT2D eigenvalue weighted by Crippen LogP contribution is -2.30. The van der Waals surface area contributed by atoms with Crippen molar-refractivity contribution in [1.82, 2.24) is 20.5 Å². The molecule has 8 heteroatoms. The van der Waals surface area contributed by atoms with Crippen molar-refractivity contribution in [3.8, 4) is 17.2 Å². The number of para-hydroxylation sites is 2. The Morgan fingerprint density at radius 3 is 2.86 bits per heavy atom. The highest BCUT2D eigenvalue weighted by Crippen LogP contribution is 2.30. The van der Waals surface area contributed by atoms with Crippen LogP contribution in [0, 0.1) is 0 Å². The molecule has 0 aliphatic heterocycles. The number of fused-ring (bicyclic) bond motifs is 1. The van der Waals surface area contributed by atoms with Crippen molar-refractivity contribution in [3.05, 3.63) is 60.3 Å². The lowest BCUT2D eigenvalue weighted by atomic mass is 10.2. The number of thioether (sulfide) groups is 1. The normalized spacial score (nSPS) is 12.1. The maximum Gasteiger partial charge on any atom is 0.277 e. The maximum absolute atomic E-state index is 12.5. The van der Waals surface area contributed by atoms with Gasteiger partial charge in [0.1, 0.15) is 5.75 Å². The fourth-order valence-electron chi connectivity index (χ4n) is 2.99. The molecule has 148 valence electrons. The fraction of sp³-hybridized carbons (Fsp3) is 0.190. The summed E-state index contributed by atoms with van der Waals surface area (Å²) in [6.07, 6.45) is 1.84. The fourth-order valence-corrected chi connectivity index (χ4v) is 3.70. The van der Waals surface area contributed by atoms with E-state index in [2.05, 4.69) is 20.5 Å². The maximum atomic E-state index is 12.5. The second-order valence-corrected chi connectivity index (χ2v) is 7.70. The molecular weight excluding hydrogens is 388 g/mol. The molecule has 0 unspecified atom stereocenters. The highest BCUT2D eigenvalue weighted by Gasteiger charge is 2.20. The average molecular weight is 408 g/mol. The van der Waals surface area contributed by atoms with Gasteiger partial charge in [0.25, 0.3) is 11.1 Å². The Balaban J connectivity index is 1.40. The van der Waals surface area contributed by atoms with Crippen molar-refractivity contribution in [2.75, 3.05) is 7.11 Å². The molecule has 29 heavy (non-hydrogen) atoms. The van der Waals surface area contributed by atoms with Crippen LogP contribution in [0.15, 0.2) is 64.4 Å². The third-order valence-corrected chi connectivity index (χ3v) is 5.45. The van der Waals surface area contributed by atoms with Gasteiger partial charge in [0.05, 0.1) is 17.9 Å². The Labute approximate surface area is 171 Å². The predicted octanol–water partition coefficient (Wildman–Crippen LogP) is 4.02. The molecule has 0 bridgehead atoms. The third kappa shape index (κ3) is 4.12. The standard InChI is InChI=1S/C21H20N4O3S/c1-13(19(26)23-11-14-7-3-6-10-18(14)27-2)29-21-25-24-20(28-21)16-12-22-17-9-5-4-8-15(16)17/h3-10,12-13,22H,11H2,1-2H3,(H,23,26)/t13-/m1/s1. The highest BCUT2D eigenvalue weighted by molar-refractivity contribution is 8.00. The van der Waals surface area contributed by atoms with Crippen LogP contribution in [-0.4, -0.2) is 33.4 Å². The Kier molecular flexibility index (Phi) is 5.53. The van der Waals surface area contributed by atoms with Gasteiger partial charge in [-0.05, 0) is 19.1 Å². The number of nitrogens with zero attached hydrogens (tertiary/aromatic N) is 2. The summed E-state index contributed by atoms with van der Waals surface area (Å²) in [5, 5.41) is 12.1. The molecule has 0 saturated carbocycles. The molecule has 4 aromatic rings. The van der Waals surface area contributed by atoms with E-state index in [4.69, 9.17) is 9.15 Å². The molecule has 2 aromatic heterocycles. The van der Waals surface area contributed by atoms with Crippen LogP contribution in [0.4, 0.5) is 0 Å². The summed E-state index contributed by atoms with van der Waals surface area (Å²) in [6.45, 7) is 2.19. The van der Waals surface area contributed by atoms with Gasteiger partial charge in [-0.3, -0.25) is 4.79 Å². The average Bonchev–Trinajstić information content (AvgIpc) is 3.38. The van der Waals surface area contributed by atoms with E-state index in [-0.39, 0.29) is 11.2 Å². The van der Waals surface area contributed by atoms with Gasteiger partial charge in [-0.25, -0.2) is 0 Å². The first-order chi connectivity index (χ1) is 14.2. The summed E-state index contributed by atoms with van der Waals surface area (Å²) in [4.78, 5) is 15.7. The summed E-state index contributed by atoms with van der Waals surface area (Å²) in [6, 6.07) is 15.5. The molecule has 0 aliphatic rings. The van der Waals surface area contributed by atoms with E-state index in [1.807, 2.05) is 54.7 Å². The Hall–Kier alpha value is -3.26. The molecule has 0 aliphatic carbocycles. The lowest BCUT2D eigenvalue weighted by molar-refractivity contribution is -0.120. The molecule has 0 spiro atoms. The van der Waals surface area contributed by atoms with Crippen LogP contribution in [0.5, 0.6) is 5.75 Å². The molecule has 4 rings (SSSR count). The van der Waals surface area contributed by atoms with Gasteiger partial charge < -0.3 is 19.5 Å². The Bertz CT molecular complexity index is 1140. The molecule has 1 atom stereocenters. The van der Waals surface area contributed by atoms with Crippen LogP contribution in [0.3, 0.4) is 0 Å². The van der Waals surface area contributed by atoms with Gasteiger partial charge in [0.2, 0.25) is 5.91 Å². The summed E-state index contributed by atoms with van der Waals surface area (Å²) in [7, 11) is 1.61. The van der Waals surface area contributed by atoms with E-state index in [9.17, 15) is 4.79 Å². The Morgan fingerprint density at radius 2 is 2.00 bits per heavy atom. The summed E-state index contributed by atoms with van der Waals surface area (Å²) >= 11 is 1.23. The number of aromatic amines is 1. The van der Waals surface area contributed by atoms with Crippen LogP contribution in [0.2, 0.25) is 0 Å². The number of ether oxygens (including phenoxy) is 1. The molecule has 2 aromatic carbocycles. The highest BCUT2D eigenvalue weighted by atomic mass is 32.2. The number of H-pyrrole nitrogens is 1. The van der Waals surface area contributed by atoms with Crippen LogP contribution in [0.1, 0.15) is 12.5 Å². The number of rotatable bonds is 7. The number of carbonyl (C=O) groups excluding carboxylic acids is 1. The van der Waals surface area contributed by atoms with Gasteiger partial charge >= 0.3 is 0 Å². The topological polar surface area (TPSA) is 93.0 Å². The predicted molar refractivity (Wildman–Crippen MR) is 112 cm³/mol. The molecule has 0 fully saturated rings. The lowest BCUT2D eigenvalue weighted by Gasteiger charge is -2.12. The van der Waals surface area contributed by atoms with E-state index in [0.29, 0.717) is 17.7 Å². The van der Waals surface area contributed by atoms with E-state index in [0.717, 1.165) is 27.8 Å². The first-order valence-corrected chi connectivity index (χ1v) is 10.00. The number of methoxy groups -OCH3 is 1.